The van der Waals surface area contributed by atoms with Crippen molar-refractivity contribution in [2.45, 2.75) is 13.0 Å². The summed E-state index contributed by atoms with van der Waals surface area (Å²) in [5.41, 5.74) is 0.666. The molecule has 6 nitrogen and oxygen atoms in total. The smallest absolute Gasteiger partial charge is 0.264 e. The summed E-state index contributed by atoms with van der Waals surface area (Å²) < 4.78 is 2.18. The molecule has 21 heavy (non-hydrogen) atoms. The molecule has 0 saturated carbocycles. The number of carbonyl (C=O) groups excluding carboxylic acids is 1. The molecule has 1 N–H and O–H groups in total. The third kappa shape index (κ3) is 2.97. The van der Waals surface area contributed by atoms with Crippen LogP contribution in [0, 0.1) is 0 Å². The van der Waals surface area contributed by atoms with Crippen LogP contribution in [-0.2, 0) is 0 Å². The minimum absolute atomic E-state index is 0.112. The third-order valence-corrected chi connectivity index (χ3v) is 5.13. The number of hydrogen-bond acceptors (Lipinski definition) is 6. The number of hydrogen-bond donors (Lipinski definition) is 1. The maximum Gasteiger partial charge on any atom is 0.264 e. The second-order valence-corrected chi connectivity index (χ2v) is 6.89. The number of nitrogens with one attached hydrogen (secondary N) is 1. The summed E-state index contributed by atoms with van der Waals surface area (Å²) in [6, 6.07) is 5.43. The number of thiophene rings is 2. The zero-order valence-electron chi connectivity index (χ0n) is 10.9. The Bertz CT molecular complexity index is 751. The second kappa shape index (κ2) is 5.92. The lowest BCUT2D eigenvalue weighted by atomic mass is 10.2. The van der Waals surface area contributed by atoms with Crippen LogP contribution in [0.4, 0.5) is 0 Å². The normalized spacial score (nSPS) is 12.3. The van der Waals surface area contributed by atoms with Crippen molar-refractivity contribution in [3.05, 3.63) is 44.0 Å². The highest BCUT2D eigenvalue weighted by molar-refractivity contribution is 7.16. The van der Waals surface area contributed by atoms with Crippen LogP contribution in [0.25, 0.3) is 5.69 Å². The summed E-state index contributed by atoms with van der Waals surface area (Å²) in [6.07, 6.45) is 1.46. The third-order valence-electron chi connectivity index (χ3n) is 2.81. The summed E-state index contributed by atoms with van der Waals surface area (Å²) in [5.74, 6) is -0.160. The van der Waals surface area contributed by atoms with E-state index in [-0.39, 0.29) is 11.9 Å². The van der Waals surface area contributed by atoms with Gasteiger partial charge in [0.1, 0.15) is 11.2 Å². The fourth-order valence-electron chi connectivity index (χ4n) is 1.82. The lowest BCUT2D eigenvalue weighted by Gasteiger charge is -2.12. The Labute approximate surface area is 133 Å². The van der Waals surface area contributed by atoms with Crippen LogP contribution >= 0.6 is 34.3 Å². The molecular formula is C12H10ClN5OS2. The van der Waals surface area contributed by atoms with Crippen LogP contribution in [0.15, 0.2) is 29.9 Å². The van der Waals surface area contributed by atoms with Crippen molar-refractivity contribution in [3.63, 3.8) is 0 Å². The van der Waals surface area contributed by atoms with Crippen LogP contribution in [0.3, 0.4) is 0 Å². The summed E-state index contributed by atoms with van der Waals surface area (Å²) in [7, 11) is 0. The molecule has 3 aromatic rings. The van der Waals surface area contributed by atoms with Gasteiger partial charge in [-0.2, -0.15) is 4.68 Å². The fourth-order valence-corrected chi connectivity index (χ4v) is 3.66. The molecule has 108 valence electrons. The van der Waals surface area contributed by atoms with Crippen LogP contribution in [-0.4, -0.2) is 26.1 Å². The van der Waals surface area contributed by atoms with Gasteiger partial charge in [0.15, 0.2) is 0 Å². The standard InChI is InChI=1S/C12H10ClN5OS2/c1-7(9-2-3-10(13)21-9)15-12(19)11-8(4-5-20-11)18-6-14-16-17-18/h2-7H,1H3,(H,15,19)/t7-/m0/s1. The molecule has 0 aliphatic heterocycles. The van der Waals surface area contributed by atoms with Crippen molar-refractivity contribution < 1.29 is 4.79 Å². The van der Waals surface area contributed by atoms with E-state index in [0.29, 0.717) is 14.9 Å². The van der Waals surface area contributed by atoms with E-state index in [0.717, 1.165) is 4.88 Å². The lowest BCUT2D eigenvalue weighted by Crippen LogP contribution is -2.26. The van der Waals surface area contributed by atoms with Gasteiger partial charge >= 0.3 is 0 Å². The number of halogens is 1. The van der Waals surface area contributed by atoms with Gasteiger partial charge in [-0.05, 0) is 40.9 Å². The Morgan fingerprint density at radius 1 is 1.43 bits per heavy atom. The molecule has 0 spiro atoms. The Hall–Kier alpha value is -1.77. The van der Waals surface area contributed by atoms with Gasteiger partial charge in [-0.3, -0.25) is 4.79 Å². The number of amides is 1. The molecule has 0 radical (unpaired) electrons. The van der Waals surface area contributed by atoms with E-state index < -0.39 is 0 Å². The average Bonchev–Trinajstić information content (AvgIpc) is 3.19. The topological polar surface area (TPSA) is 72.7 Å². The zero-order valence-corrected chi connectivity index (χ0v) is 13.2. The Kier molecular flexibility index (Phi) is 4.00. The molecule has 1 amide bonds. The van der Waals surface area contributed by atoms with Gasteiger partial charge in [0.05, 0.1) is 16.1 Å². The summed E-state index contributed by atoms with van der Waals surface area (Å²) >= 11 is 8.72. The molecule has 0 fully saturated rings. The fraction of sp³-hybridized carbons (Fsp3) is 0.167. The molecule has 0 aromatic carbocycles. The minimum atomic E-state index is -0.160. The van der Waals surface area contributed by atoms with Crippen molar-refractivity contribution in [2.75, 3.05) is 0 Å². The van der Waals surface area contributed by atoms with Crippen LogP contribution < -0.4 is 5.32 Å². The van der Waals surface area contributed by atoms with E-state index in [1.807, 2.05) is 30.5 Å². The summed E-state index contributed by atoms with van der Waals surface area (Å²) in [5, 5.41) is 15.8. The summed E-state index contributed by atoms with van der Waals surface area (Å²) in [6.45, 7) is 1.92. The van der Waals surface area contributed by atoms with E-state index in [2.05, 4.69) is 20.8 Å². The Morgan fingerprint density at radius 2 is 2.29 bits per heavy atom. The largest absolute Gasteiger partial charge is 0.344 e. The van der Waals surface area contributed by atoms with Gasteiger partial charge in [-0.1, -0.05) is 11.6 Å². The maximum atomic E-state index is 12.4. The van der Waals surface area contributed by atoms with Crippen molar-refractivity contribution in [1.82, 2.24) is 25.5 Å². The molecule has 9 heteroatoms. The number of carbonyl (C=O) groups is 1. The van der Waals surface area contributed by atoms with Crippen molar-refractivity contribution in [3.8, 4) is 5.69 Å². The second-order valence-electron chi connectivity index (χ2n) is 4.23. The highest BCUT2D eigenvalue weighted by Gasteiger charge is 2.18. The van der Waals surface area contributed by atoms with E-state index >= 15 is 0 Å². The molecule has 0 aliphatic rings. The first-order valence-electron chi connectivity index (χ1n) is 6.02. The summed E-state index contributed by atoms with van der Waals surface area (Å²) in [4.78, 5) is 14.0. The predicted octanol–water partition coefficient (Wildman–Crippen LogP) is 2.93. The number of nitrogens with zero attached hydrogens (tertiary/aromatic N) is 4. The number of rotatable bonds is 4. The highest BCUT2D eigenvalue weighted by Crippen LogP contribution is 2.27. The van der Waals surface area contributed by atoms with Gasteiger partial charge in [0, 0.05) is 4.88 Å². The first kappa shape index (κ1) is 14.2. The average molecular weight is 340 g/mol. The van der Waals surface area contributed by atoms with Gasteiger partial charge in [-0.25, -0.2) is 0 Å². The maximum absolute atomic E-state index is 12.4. The number of tetrazole rings is 1. The molecule has 3 rings (SSSR count). The van der Waals surface area contributed by atoms with Gasteiger partial charge < -0.3 is 5.32 Å². The predicted molar refractivity (Wildman–Crippen MR) is 82.2 cm³/mol. The molecule has 3 aromatic heterocycles. The Morgan fingerprint density at radius 3 is 2.95 bits per heavy atom. The van der Waals surface area contributed by atoms with Crippen molar-refractivity contribution >= 4 is 40.2 Å². The first-order valence-corrected chi connectivity index (χ1v) is 8.09. The SMILES string of the molecule is C[C@H](NC(=O)c1sccc1-n1cnnn1)c1ccc(Cl)s1. The molecule has 0 saturated heterocycles. The minimum Gasteiger partial charge on any atom is -0.344 e. The monoisotopic (exact) mass is 339 g/mol. The molecule has 0 aliphatic carbocycles. The quantitative estimate of drug-likeness (QED) is 0.793. The molecule has 3 heterocycles. The molecule has 0 bridgehead atoms. The van der Waals surface area contributed by atoms with E-state index in [1.165, 1.54) is 33.7 Å². The van der Waals surface area contributed by atoms with Crippen molar-refractivity contribution in [1.29, 1.82) is 0 Å². The van der Waals surface area contributed by atoms with Crippen LogP contribution in [0.2, 0.25) is 4.34 Å². The van der Waals surface area contributed by atoms with Gasteiger partial charge in [0.2, 0.25) is 0 Å². The highest BCUT2D eigenvalue weighted by atomic mass is 35.5. The zero-order chi connectivity index (χ0) is 14.8. The van der Waals surface area contributed by atoms with E-state index in [9.17, 15) is 4.79 Å². The van der Waals surface area contributed by atoms with Gasteiger partial charge in [0.25, 0.3) is 5.91 Å². The Balaban J connectivity index is 1.79. The van der Waals surface area contributed by atoms with E-state index in [1.54, 1.807) is 0 Å². The molecular weight excluding hydrogens is 330 g/mol. The molecule has 1 atom stereocenters. The van der Waals surface area contributed by atoms with Crippen LogP contribution in [0.5, 0.6) is 0 Å². The van der Waals surface area contributed by atoms with Crippen molar-refractivity contribution in [2.24, 2.45) is 0 Å². The van der Waals surface area contributed by atoms with Crippen LogP contribution in [0.1, 0.15) is 27.5 Å². The lowest BCUT2D eigenvalue weighted by molar-refractivity contribution is 0.0944. The van der Waals surface area contributed by atoms with Gasteiger partial charge in [-0.15, -0.1) is 27.8 Å². The van der Waals surface area contributed by atoms with E-state index in [4.69, 9.17) is 11.6 Å². The number of aromatic nitrogens is 4. The first-order chi connectivity index (χ1) is 10.1. The molecule has 0 unspecified atom stereocenters.